The molecule has 1 aromatic carbocycles. The minimum atomic E-state index is 0.406. The maximum Gasteiger partial charge on any atom is 0.101 e. The maximum atomic E-state index is 9.11. The highest BCUT2D eigenvalue weighted by Crippen LogP contribution is 2.15. The average Bonchev–Trinajstić information content (AvgIpc) is 2.71. The van der Waals surface area contributed by atoms with E-state index in [1.807, 2.05) is 24.3 Å². The normalized spacial score (nSPS) is 12.4. The smallest absolute Gasteiger partial charge is 0.101 e. The molecule has 0 bridgehead atoms. The zero-order valence-corrected chi connectivity index (χ0v) is 17.9. The van der Waals surface area contributed by atoms with Crippen molar-refractivity contribution in [1.82, 2.24) is 5.32 Å². The number of nitrogens with two attached hydrogens (primary N) is 1. The summed E-state index contributed by atoms with van der Waals surface area (Å²) in [6.07, 6.45) is 12.5. The second kappa shape index (κ2) is 14.2. The molecule has 0 heterocycles. The molecule has 0 saturated carbocycles. The minimum Gasteiger partial charge on any atom is -0.389 e. The largest absolute Gasteiger partial charge is 0.389 e. The molecule has 0 radical (unpaired) electrons. The van der Waals surface area contributed by atoms with Crippen LogP contribution in [0.3, 0.4) is 0 Å². The van der Waals surface area contributed by atoms with Crippen LogP contribution >= 0.6 is 0 Å². The van der Waals surface area contributed by atoms with Gasteiger partial charge in [-0.25, -0.2) is 0 Å². The number of hydrogen-bond acceptors (Lipinski definition) is 4. The standard InChI is InChI=1S/C25H34N4/c1-4-7-25(16-21(3)13-14-26)29-15-6-5-8-20(2)9-10-22-11-12-23(18-27)24(17-22)19-28/h7,9-12,17,21,29H,2,4-6,8,13-16,26H2,1,3H3/b10-9+,25-7+. The highest BCUT2D eigenvalue weighted by Gasteiger charge is 2.05. The summed E-state index contributed by atoms with van der Waals surface area (Å²) >= 11 is 0. The van der Waals surface area contributed by atoms with E-state index in [4.69, 9.17) is 16.3 Å². The van der Waals surface area contributed by atoms with Crippen molar-refractivity contribution in [1.29, 1.82) is 10.5 Å². The van der Waals surface area contributed by atoms with Crippen molar-refractivity contribution in [2.75, 3.05) is 13.1 Å². The number of nitriles is 2. The van der Waals surface area contributed by atoms with E-state index in [1.165, 1.54) is 5.70 Å². The van der Waals surface area contributed by atoms with Gasteiger partial charge in [-0.2, -0.15) is 10.5 Å². The highest BCUT2D eigenvalue weighted by atomic mass is 14.9. The van der Waals surface area contributed by atoms with Crippen molar-refractivity contribution in [2.24, 2.45) is 11.7 Å². The van der Waals surface area contributed by atoms with Crippen LogP contribution in [0.15, 0.2) is 48.2 Å². The first kappa shape index (κ1) is 24.2. The van der Waals surface area contributed by atoms with E-state index < -0.39 is 0 Å². The number of nitrogens with zero attached hydrogens (tertiary/aromatic N) is 2. The Balaban J connectivity index is 2.38. The van der Waals surface area contributed by atoms with Crippen LogP contribution in [-0.2, 0) is 0 Å². The van der Waals surface area contributed by atoms with Gasteiger partial charge in [0.25, 0.3) is 0 Å². The molecule has 0 aliphatic heterocycles. The van der Waals surface area contributed by atoms with Gasteiger partial charge in [0.15, 0.2) is 0 Å². The maximum absolute atomic E-state index is 9.11. The number of unbranched alkanes of at least 4 members (excludes halogenated alkanes) is 1. The third kappa shape index (κ3) is 9.79. The van der Waals surface area contributed by atoms with Crippen molar-refractivity contribution in [3.63, 3.8) is 0 Å². The highest BCUT2D eigenvalue weighted by molar-refractivity contribution is 5.58. The summed E-state index contributed by atoms with van der Waals surface area (Å²) in [7, 11) is 0. The molecular formula is C25H34N4. The van der Waals surface area contributed by atoms with Crippen molar-refractivity contribution in [3.05, 3.63) is 64.9 Å². The molecule has 0 aromatic heterocycles. The van der Waals surface area contributed by atoms with Crippen LogP contribution in [0.1, 0.15) is 69.1 Å². The van der Waals surface area contributed by atoms with E-state index in [0.717, 1.165) is 62.8 Å². The molecule has 0 spiro atoms. The van der Waals surface area contributed by atoms with Gasteiger partial charge in [0.05, 0.1) is 11.1 Å². The topological polar surface area (TPSA) is 85.6 Å². The summed E-state index contributed by atoms with van der Waals surface area (Å²) in [5.41, 5.74) is 9.77. The zero-order chi connectivity index (χ0) is 21.5. The van der Waals surface area contributed by atoms with Crippen molar-refractivity contribution in [2.45, 2.75) is 52.4 Å². The van der Waals surface area contributed by atoms with Gasteiger partial charge in [0.2, 0.25) is 0 Å². The summed E-state index contributed by atoms with van der Waals surface area (Å²) in [6, 6.07) is 9.36. The lowest BCUT2D eigenvalue weighted by atomic mass is 10.0. The van der Waals surface area contributed by atoms with Gasteiger partial charge >= 0.3 is 0 Å². The number of hydrogen-bond donors (Lipinski definition) is 2. The molecule has 1 atom stereocenters. The predicted molar refractivity (Wildman–Crippen MR) is 122 cm³/mol. The van der Waals surface area contributed by atoms with Gasteiger partial charge in [0.1, 0.15) is 12.1 Å². The molecule has 4 nitrogen and oxygen atoms in total. The summed E-state index contributed by atoms with van der Waals surface area (Å²) in [6.45, 7) is 10.3. The van der Waals surface area contributed by atoms with Crippen molar-refractivity contribution < 1.29 is 0 Å². The van der Waals surface area contributed by atoms with Gasteiger partial charge in [-0.05, 0) is 68.7 Å². The second-order valence-electron chi connectivity index (χ2n) is 7.43. The fourth-order valence-corrected chi connectivity index (χ4v) is 3.12. The molecule has 154 valence electrons. The average molecular weight is 391 g/mol. The third-order valence-electron chi connectivity index (χ3n) is 4.75. The molecular weight excluding hydrogens is 356 g/mol. The first-order valence-electron chi connectivity index (χ1n) is 10.5. The SMILES string of the molecule is C=C(/C=C/c1ccc(C#N)c(C#N)c1)CCCCN/C(=C/CC)CC(C)CCN. The van der Waals surface area contributed by atoms with E-state index in [9.17, 15) is 0 Å². The molecule has 0 amide bonds. The molecule has 3 N–H and O–H groups in total. The Morgan fingerprint density at radius 2 is 2.00 bits per heavy atom. The molecule has 4 heteroatoms. The van der Waals surface area contributed by atoms with Gasteiger partial charge in [-0.15, -0.1) is 0 Å². The van der Waals surface area contributed by atoms with E-state index in [2.05, 4.69) is 37.9 Å². The van der Waals surface area contributed by atoms with Gasteiger partial charge in [-0.1, -0.05) is 50.3 Å². The monoisotopic (exact) mass is 390 g/mol. The first-order valence-corrected chi connectivity index (χ1v) is 10.5. The van der Waals surface area contributed by atoms with E-state index in [1.54, 1.807) is 12.1 Å². The molecule has 0 aliphatic carbocycles. The lowest BCUT2D eigenvalue weighted by Gasteiger charge is -2.15. The van der Waals surface area contributed by atoms with Gasteiger partial charge in [-0.3, -0.25) is 0 Å². The van der Waals surface area contributed by atoms with Gasteiger partial charge < -0.3 is 11.1 Å². The molecule has 1 aromatic rings. The van der Waals surface area contributed by atoms with Crippen LogP contribution in [0.2, 0.25) is 0 Å². The van der Waals surface area contributed by atoms with Gasteiger partial charge in [0, 0.05) is 12.2 Å². The number of nitrogens with one attached hydrogen (secondary N) is 1. The Morgan fingerprint density at radius 3 is 2.66 bits per heavy atom. The summed E-state index contributed by atoms with van der Waals surface area (Å²) < 4.78 is 0. The van der Waals surface area contributed by atoms with Crippen LogP contribution in [0.5, 0.6) is 0 Å². The van der Waals surface area contributed by atoms with Crippen LogP contribution in [0.25, 0.3) is 6.08 Å². The van der Waals surface area contributed by atoms with Crippen LogP contribution in [0.4, 0.5) is 0 Å². The zero-order valence-electron chi connectivity index (χ0n) is 17.9. The van der Waals surface area contributed by atoms with Crippen LogP contribution in [-0.4, -0.2) is 13.1 Å². The molecule has 1 unspecified atom stereocenters. The predicted octanol–water partition coefficient (Wildman–Crippen LogP) is 5.43. The summed E-state index contributed by atoms with van der Waals surface area (Å²) in [4.78, 5) is 0. The molecule has 1 rings (SSSR count). The quantitative estimate of drug-likeness (QED) is 0.347. The Kier molecular flexibility index (Phi) is 11.9. The lowest BCUT2D eigenvalue weighted by Crippen LogP contribution is -2.18. The molecule has 0 saturated heterocycles. The fourth-order valence-electron chi connectivity index (χ4n) is 3.12. The molecule has 0 aliphatic rings. The Labute approximate surface area is 176 Å². The Morgan fingerprint density at radius 1 is 1.24 bits per heavy atom. The summed E-state index contributed by atoms with van der Waals surface area (Å²) in [5.74, 6) is 0.610. The molecule has 29 heavy (non-hydrogen) atoms. The van der Waals surface area contributed by atoms with Crippen LogP contribution in [0, 0.1) is 28.6 Å². The number of benzene rings is 1. The second-order valence-corrected chi connectivity index (χ2v) is 7.43. The Hall–Kier alpha value is -2.82. The first-order chi connectivity index (χ1) is 14.0. The lowest BCUT2D eigenvalue weighted by molar-refractivity contribution is 0.512. The number of rotatable bonds is 13. The Bertz CT molecular complexity index is 790. The van der Waals surface area contributed by atoms with Crippen LogP contribution < -0.4 is 11.1 Å². The number of allylic oxidation sites excluding steroid dienone is 4. The third-order valence-corrected chi connectivity index (χ3v) is 4.75. The van der Waals surface area contributed by atoms with Crippen molar-refractivity contribution >= 4 is 6.08 Å². The van der Waals surface area contributed by atoms with Crippen molar-refractivity contribution in [3.8, 4) is 12.1 Å². The minimum absolute atomic E-state index is 0.406. The summed E-state index contributed by atoms with van der Waals surface area (Å²) in [5, 5.41) is 21.7. The molecule has 0 fully saturated rings. The van der Waals surface area contributed by atoms with E-state index in [0.29, 0.717) is 17.0 Å². The van der Waals surface area contributed by atoms with E-state index in [-0.39, 0.29) is 0 Å². The fraction of sp³-hybridized carbons (Fsp3) is 0.440. The van der Waals surface area contributed by atoms with E-state index >= 15 is 0 Å².